The minimum absolute atomic E-state index is 0.00976. The predicted octanol–water partition coefficient (Wildman–Crippen LogP) is 2.90. The maximum Gasteiger partial charge on any atom is 0.251 e. The first-order valence-corrected chi connectivity index (χ1v) is 8.37. The summed E-state index contributed by atoms with van der Waals surface area (Å²) in [5, 5.41) is 5.53. The minimum Gasteiger partial charge on any atom is -0.494 e. The predicted molar refractivity (Wildman–Crippen MR) is 91.7 cm³/mol. The van der Waals surface area contributed by atoms with Crippen LogP contribution in [0.5, 0.6) is 5.75 Å². The molecule has 0 fully saturated rings. The first-order chi connectivity index (χ1) is 11.1. The van der Waals surface area contributed by atoms with Crippen LogP contribution in [0.25, 0.3) is 0 Å². The number of amides is 2. The lowest BCUT2D eigenvalue weighted by Gasteiger charge is -2.14. The van der Waals surface area contributed by atoms with Crippen molar-refractivity contribution in [2.45, 2.75) is 52.5 Å². The summed E-state index contributed by atoms with van der Waals surface area (Å²) in [5.41, 5.74) is 0.511. The monoisotopic (exact) mass is 320 g/mol. The molecular formula is C18H28N2O3. The standard InChI is InChI=1S/C18H28N2O3/c1-4-6-7-8-14(3)20-17(21)13-19-18(22)15-9-11-16(12-10-15)23-5-2/h9-12,14H,4-8,13H2,1-3H3,(H,19,22)(H,20,21). The van der Waals surface area contributed by atoms with Crippen LogP contribution in [0.2, 0.25) is 0 Å². The number of hydrogen-bond donors (Lipinski definition) is 2. The Labute approximate surface area is 138 Å². The second-order valence-electron chi connectivity index (χ2n) is 5.60. The topological polar surface area (TPSA) is 67.4 Å². The molecule has 0 aliphatic rings. The summed E-state index contributed by atoms with van der Waals surface area (Å²) in [6.45, 7) is 6.62. The van der Waals surface area contributed by atoms with Crippen molar-refractivity contribution in [2.24, 2.45) is 0 Å². The molecule has 0 heterocycles. The largest absolute Gasteiger partial charge is 0.494 e. The third-order valence-electron chi connectivity index (χ3n) is 3.49. The van der Waals surface area contributed by atoms with Crippen LogP contribution >= 0.6 is 0 Å². The Morgan fingerprint density at radius 3 is 2.43 bits per heavy atom. The van der Waals surface area contributed by atoms with Gasteiger partial charge in [0.05, 0.1) is 13.2 Å². The third-order valence-corrected chi connectivity index (χ3v) is 3.49. The van der Waals surface area contributed by atoms with E-state index in [4.69, 9.17) is 4.74 Å². The van der Waals surface area contributed by atoms with E-state index in [1.165, 1.54) is 12.8 Å². The molecule has 1 atom stereocenters. The number of nitrogens with one attached hydrogen (secondary N) is 2. The van der Waals surface area contributed by atoms with Crippen LogP contribution < -0.4 is 15.4 Å². The molecule has 0 radical (unpaired) electrons. The van der Waals surface area contributed by atoms with Crippen molar-refractivity contribution >= 4 is 11.8 Å². The van der Waals surface area contributed by atoms with E-state index in [2.05, 4.69) is 17.6 Å². The molecule has 5 heteroatoms. The Balaban J connectivity index is 2.33. The molecule has 1 rings (SSSR count). The Bertz CT molecular complexity index is 486. The Hall–Kier alpha value is -2.04. The second kappa shape index (κ2) is 10.6. The zero-order chi connectivity index (χ0) is 17.1. The van der Waals surface area contributed by atoms with Gasteiger partial charge in [-0.25, -0.2) is 0 Å². The highest BCUT2D eigenvalue weighted by Crippen LogP contribution is 2.11. The highest BCUT2D eigenvalue weighted by atomic mass is 16.5. The number of carbonyl (C=O) groups excluding carboxylic acids is 2. The van der Waals surface area contributed by atoms with Crippen LogP contribution in [0.1, 0.15) is 56.8 Å². The fourth-order valence-corrected chi connectivity index (χ4v) is 2.23. The molecule has 1 aromatic rings. The van der Waals surface area contributed by atoms with Crippen molar-refractivity contribution in [1.29, 1.82) is 0 Å². The normalized spacial score (nSPS) is 11.6. The van der Waals surface area contributed by atoms with Crippen molar-refractivity contribution < 1.29 is 14.3 Å². The molecule has 0 saturated carbocycles. The number of unbranched alkanes of at least 4 members (excludes halogenated alkanes) is 2. The quantitative estimate of drug-likeness (QED) is 0.651. The molecule has 128 valence electrons. The Morgan fingerprint density at radius 1 is 1.13 bits per heavy atom. The molecule has 2 amide bonds. The van der Waals surface area contributed by atoms with Crippen LogP contribution in [0.15, 0.2) is 24.3 Å². The van der Waals surface area contributed by atoms with Crippen LogP contribution in [-0.4, -0.2) is 31.0 Å². The summed E-state index contributed by atoms with van der Waals surface area (Å²) in [7, 11) is 0. The molecule has 5 nitrogen and oxygen atoms in total. The summed E-state index contributed by atoms with van der Waals surface area (Å²) in [6, 6.07) is 7.00. The zero-order valence-corrected chi connectivity index (χ0v) is 14.4. The van der Waals surface area contributed by atoms with Gasteiger partial charge in [-0.15, -0.1) is 0 Å². The van der Waals surface area contributed by atoms with Gasteiger partial charge in [0, 0.05) is 11.6 Å². The highest BCUT2D eigenvalue weighted by Gasteiger charge is 2.10. The first kappa shape index (κ1) is 19.0. The molecule has 1 unspecified atom stereocenters. The van der Waals surface area contributed by atoms with Gasteiger partial charge in [0.15, 0.2) is 0 Å². The molecule has 0 aliphatic carbocycles. The summed E-state index contributed by atoms with van der Waals surface area (Å²) < 4.78 is 5.33. The number of carbonyl (C=O) groups is 2. The average molecular weight is 320 g/mol. The van der Waals surface area contributed by atoms with Gasteiger partial charge in [-0.1, -0.05) is 26.2 Å². The maximum atomic E-state index is 12.0. The Kier molecular flexibility index (Phi) is 8.80. The van der Waals surface area contributed by atoms with Gasteiger partial charge in [-0.05, 0) is 44.5 Å². The smallest absolute Gasteiger partial charge is 0.251 e. The SMILES string of the molecule is CCCCCC(C)NC(=O)CNC(=O)c1ccc(OCC)cc1. The van der Waals surface area contributed by atoms with E-state index in [9.17, 15) is 9.59 Å². The number of rotatable bonds is 10. The third kappa shape index (κ3) is 7.68. The number of ether oxygens (including phenoxy) is 1. The van der Waals surface area contributed by atoms with Crippen molar-refractivity contribution in [3.05, 3.63) is 29.8 Å². The first-order valence-electron chi connectivity index (χ1n) is 8.37. The maximum absolute atomic E-state index is 12.0. The molecule has 0 saturated heterocycles. The van der Waals surface area contributed by atoms with E-state index in [1.54, 1.807) is 24.3 Å². The lowest BCUT2D eigenvalue weighted by atomic mass is 10.1. The molecule has 23 heavy (non-hydrogen) atoms. The van der Waals surface area contributed by atoms with E-state index < -0.39 is 0 Å². The van der Waals surface area contributed by atoms with Gasteiger partial charge in [0.25, 0.3) is 5.91 Å². The van der Waals surface area contributed by atoms with Crippen LogP contribution in [0.3, 0.4) is 0 Å². The summed E-state index contributed by atoms with van der Waals surface area (Å²) >= 11 is 0. The van der Waals surface area contributed by atoms with Gasteiger partial charge in [0.1, 0.15) is 5.75 Å². The minimum atomic E-state index is -0.262. The molecule has 2 N–H and O–H groups in total. The molecule has 0 aliphatic heterocycles. The van der Waals surface area contributed by atoms with E-state index in [-0.39, 0.29) is 24.4 Å². The molecule has 0 bridgehead atoms. The van der Waals surface area contributed by atoms with Gasteiger partial charge in [-0.3, -0.25) is 9.59 Å². The van der Waals surface area contributed by atoms with Crippen molar-refractivity contribution in [1.82, 2.24) is 10.6 Å². The van der Waals surface area contributed by atoms with Crippen molar-refractivity contribution in [3.63, 3.8) is 0 Å². The highest BCUT2D eigenvalue weighted by molar-refractivity contribution is 5.96. The van der Waals surface area contributed by atoms with Crippen molar-refractivity contribution in [2.75, 3.05) is 13.2 Å². The second-order valence-corrected chi connectivity index (χ2v) is 5.60. The zero-order valence-electron chi connectivity index (χ0n) is 14.4. The molecular weight excluding hydrogens is 292 g/mol. The lowest BCUT2D eigenvalue weighted by Crippen LogP contribution is -2.40. The molecule has 0 spiro atoms. The van der Waals surface area contributed by atoms with E-state index in [1.807, 2.05) is 13.8 Å². The summed E-state index contributed by atoms with van der Waals surface area (Å²) in [4.78, 5) is 23.8. The van der Waals surface area contributed by atoms with Gasteiger partial charge in [-0.2, -0.15) is 0 Å². The average Bonchev–Trinajstić information content (AvgIpc) is 2.54. The van der Waals surface area contributed by atoms with E-state index in [0.29, 0.717) is 12.2 Å². The molecule has 1 aromatic carbocycles. The van der Waals surface area contributed by atoms with Gasteiger partial charge < -0.3 is 15.4 Å². The number of benzene rings is 1. The number of hydrogen-bond acceptors (Lipinski definition) is 3. The van der Waals surface area contributed by atoms with Gasteiger partial charge >= 0.3 is 0 Å². The fourth-order valence-electron chi connectivity index (χ4n) is 2.23. The van der Waals surface area contributed by atoms with Crippen molar-refractivity contribution in [3.8, 4) is 5.75 Å². The summed E-state index contributed by atoms with van der Waals surface area (Å²) in [5.74, 6) is 0.304. The lowest BCUT2D eigenvalue weighted by molar-refractivity contribution is -0.120. The van der Waals surface area contributed by atoms with E-state index >= 15 is 0 Å². The van der Waals surface area contributed by atoms with Crippen LogP contribution in [0, 0.1) is 0 Å². The molecule has 0 aromatic heterocycles. The Morgan fingerprint density at radius 2 is 1.83 bits per heavy atom. The van der Waals surface area contributed by atoms with Gasteiger partial charge in [0.2, 0.25) is 5.91 Å². The van der Waals surface area contributed by atoms with Crippen LogP contribution in [-0.2, 0) is 4.79 Å². The van der Waals surface area contributed by atoms with E-state index in [0.717, 1.165) is 18.6 Å². The summed E-state index contributed by atoms with van der Waals surface area (Å²) in [6.07, 6.45) is 4.41. The van der Waals surface area contributed by atoms with Crippen LogP contribution in [0.4, 0.5) is 0 Å². The fraction of sp³-hybridized carbons (Fsp3) is 0.556.